The van der Waals surface area contributed by atoms with Crippen LogP contribution >= 0.6 is 0 Å². The molecule has 0 fully saturated rings. The van der Waals surface area contributed by atoms with Gasteiger partial charge in [0.2, 0.25) is 0 Å². The van der Waals surface area contributed by atoms with Gasteiger partial charge >= 0.3 is 5.97 Å². The molecule has 3 rings (SSSR count). The van der Waals surface area contributed by atoms with Gasteiger partial charge < -0.3 is 18.6 Å². The van der Waals surface area contributed by atoms with Crippen LogP contribution in [0.1, 0.15) is 39.7 Å². The molecule has 3 aromatic carbocycles. The lowest BCUT2D eigenvalue weighted by Gasteiger charge is -2.44. The molecule has 0 amide bonds. The summed E-state index contributed by atoms with van der Waals surface area (Å²) in [5.41, 5.74) is 1.07. The van der Waals surface area contributed by atoms with Crippen molar-refractivity contribution in [2.24, 2.45) is 11.8 Å². The van der Waals surface area contributed by atoms with E-state index in [-0.39, 0.29) is 23.7 Å². The maximum atomic E-state index is 12.8. The van der Waals surface area contributed by atoms with Crippen LogP contribution in [0.25, 0.3) is 0 Å². The van der Waals surface area contributed by atoms with Crippen molar-refractivity contribution in [1.29, 1.82) is 0 Å². The molecule has 3 aromatic rings. The van der Waals surface area contributed by atoms with Crippen molar-refractivity contribution >= 4 is 24.7 Å². The van der Waals surface area contributed by atoms with E-state index >= 15 is 0 Å². The van der Waals surface area contributed by atoms with Crippen molar-refractivity contribution in [3.8, 4) is 0 Å². The quantitative estimate of drug-likeness (QED) is 0.0737. The zero-order valence-electron chi connectivity index (χ0n) is 24.5. The summed E-state index contributed by atoms with van der Waals surface area (Å²) in [6.07, 6.45) is 1.82. The molecule has 0 aliphatic rings. The number of methoxy groups -OCH3 is 1. The number of carbonyl (C=O) groups excluding carboxylic acids is 1. The standard InChI is InChI=1S/C34H44O5Si/c1-7-17-31(33(35)36-6)27(2)32(38-26-37-24-28-18-11-8-12-19-28)25-39-40(34(3,4)5,29-20-13-9-14-21-29)30-22-15-10-16-23-30/h7-16,18-23,27,31-32H,1,17,24-26H2,2-6H3/t27-,31-,32+/m0/s1. The first-order valence-corrected chi connectivity index (χ1v) is 15.8. The van der Waals surface area contributed by atoms with E-state index in [1.165, 1.54) is 17.5 Å². The number of hydrogen-bond acceptors (Lipinski definition) is 5. The fourth-order valence-electron chi connectivity index (χ4n) is 5.31. The van der Waals surface area contributed by atoms with Crippen LogP contribution in [-0.2, 0) is 30.0 Å². The SMILES string of the molecule is C=CC[C@H](C(=O)OC)[C@H](C)[C@@H](CO[Si](c1ccccc1)(c1ccccc1)C(C)(C)C)OCOCc1ccccc1. The van der Waals surface area contributed by atoms with Crippen molar-refractivity contribution in [2.45, 2.75) is 51.9 Å². The molecule has 0 heterocycles. The summed E-state index contributed by atoms with van der Waals surface area (Å²) in [4.78, 5) is 12.8. The van der Waals surface area contributed by atoms with Crippen LogP contribution in [0.3, 0.4) is 0 Å². The zero-order valence-corrected chi connectivity index (χ0v) is 25.5. The average molecular weight is 561 g/mol. The summed E-state index contributed by atoms with van der Waals surface area (Å²) in [5, 5.41) is 2.20. The highest BCUT2D eigenvalue weighted by Crippen LogP contribution is 2.37. The highest BCUT2D eigenvalue weighted by atomic mass is 28.4. The fraction of sp³-hybridized carbons (Fsp3) is 0.382. The Hall–Kier alpha value is -3.03. The van der Waals surface area contributed by atoms with Crippen LogP contribution in [0.5, 0.6) is 0 Å². The number of esters is 1. The maximum Gasteiger partial charge on any atom is 0.309 e. The molecule has 0 saturated carbocycles. The first-order valence-electron chi connectivity index (χ1n) is 13.9. The molecule has 6 heteroatoms. The number of carbonyl (C=O) groups is 1. The minimum absolute atomic E-state index is 0.0794. The summed E-state index contributed by atoms with van der Waals surface area (Å²) >= 11 is 0. The van der Waals surface area contributed by atoms with Crippen LogP contribution in [0.2, 0.25) is 5.04 Å². The predicted octanol–water partition coefficient (Wildman–Crippen LogP) is 6.12. The molecule has 0 aliphatic heterocycles. The summed E-state index contributed by atoms with van der Waals surface area (Å²) in [6, 6.07) is 31.0. The molecule has 0 aliphatic carbocycles. The fourth-order valence-corrected chi connectivity index (χ4v) is 9.87. The van der Waals surface area contributed by atoms with Gasteiger partial charge in [0.05, 0.1) is 32.3 Å². The highest BCUT2D eigenvalue weighted by molar-refractivity contribution is 6.99. The van der Waals surface area contributed by atoms with Crippen LogP contribution in [0, 0.1) is 11.8 Å². The van der Waals surface area contributed by atoms with Gasteiger partial charge in [0, 0.05) is 0 Å². The third-order valence-electron chi connectivity index (χ3n) is 7.50. The van der Waals surface area contributed by atoms with Gasteiger partial charge in [0.15, 0.2) is 0 Å². The van der Waals surface area contributed by atoms with E-state index in [1.807, 2.05) is 49.4 Å². The summed E-state index contributed by atoms with van der Waals surface area (Å²) in [7, 11) is -1.38. The minimum Gasteiger partial charge on any atom is -0.469 e. The van der Waals surface area contributed by atoms with Gasteiger partial charge in [-0.1, -0.05) is 125 Å². The normalized spacial score (nSPS) is 14.2. The van der Waals surface area contributed by atoms with Crippen molar-refractivity contribution in [3.05, 3.63) is 109 Å². The number of hydrogen-bond donors (Lipinski definition) is 0. The predicted molar refractivity (Wildman–Crippen MR) is 164 cm³/mol. The number of rotatable bonds is 15. The smallest absolute Gasteiger partial charge is 0.309 e. The molecule has 0 bridgehead atoms. The summed E-state index contributed by atoms with van der Waals surface area (Å²) in [6.45, 7) is 13.4. The van der Waals surface area contributed by atoms with Crippen LogP contribution in [0.15, 0.2) is 104 Å². The number of benzene rings is 3. The lowest BCUT2D eigenvalue weighted by atomic mass is 9.87. The Morgan fingerprint density at radius 3 is 1.90 bits per heavy atom. The second-order valence-corrected chi connectivity index (χ2v) is 15.5. The van der Waals surface area contributed by atoms with Crippen molar-refractivity contribution in [2.75, 3.05) is 20.5 Å². The Morgan fingerprint density at radius 2 is 1.43 bits per heavy atom. The van der Waals surface area contributed by atoms with E-state index in [9.17, 15) is 4.79 Å². The highest BCUT2D eigenvalue weighted by Gasteiger charge is 2.50. The Balaban J connectivity index is 1.93. The number of allylic oxidation sites excluding steroid dienone is 1. The van der Waals surface area contributed by atoms with Gasteiger partial charge in [0.25, 0.3) is 8.32 Å². The van der Waals surface area contributed by atoms with Gasteiger partial charge in [-0.25, -0.2) is 0 Å². The van der Waals surface area contributed by atoms with Gasteiger partial charge in [-0.3, -0.25) is 4.79 Å². The Morgan fingerprint density at radius 1 is 0.900 bits per heavy atom. The lowest BCUT2D eigenvalue weighted by molar-refractivity contribution is -0.156. The molecule has 0 aromatic heterocycles. The number of ether oxygens (including phenoxy) is 3. The van der Waals surface area contributed by atoms with Crippen LogP contribution < -0.4 is 10.4 Å². The van der Waals surface area contributed by atoms with Gasteiger partial charge in [-0.05, 0) is 33.3 Å². The first-order chi connectivity index (χ1) is 19.2. The second kappa shape index (κ2) is 15.1. The third-order valence-corrected chi connectivity index (χ3v) is 12.5. The van der Waals surface area contributed by atoms with E-state index in [0.717, 1.165) is 5.56 Å². The molecule has 3 atom stereocenters. The maximum absolute atomic E-state index is 12.8. The molecule has 0 saturated heterocycles. The molecule has 5 nitrogen and oxygen atoms in total. The van der Waals surface area contributed by atoms with E-state index in [1.54, 1.807) is 6.08 Å². The second-order valence-electron chi connectivity index (χ2n) is 11.1. The topological polar surface area (TPSA) is 54.0 Å². The van der Waals surface area contributed by atoms with Crippen molar-refractivity contribution in [3.63, 3.8) is 0 Å². The van der Waals surface area contributed by atoms with E-state index in [4.69, 9.17) is 18.6 Å². The lowest BCUT2D eigenvalue weighted by Crippen LogP contribution is -2.67. The molecule has 0 spiro atoms. The van der Waals surface area contributed by atoms with Gasteiger partial charge in [-0.15, -0.1) is 6.58 Å². The summed E-state index contributed by atoms with van der Waals surface area (Å²) in [5.74, 6) is -0.898. The third kappa shape index (κ3) is 7.79. The molecule has 0 unspecified atom stereocenters. The van der Waals surface area contributed by atoms with Crippen molar-refractivity contribution < 1.29 is 23.4 Å². The summed E-state index contributed by atoms with van der Waals surface area (Å²) < 4.78 is 24.6. The Bertz CT molecular complexity index is 1120. The van der Waals surface area contributed by atoms with Crippen molar-refractivity contribution in [1.82, 2.24) is 0 Å². The molecular weight excluding hydrogens is 516 g/mol. The molecular formula is C34H44O5Si. The monoisotopic (exact) mass is 560 g/mol. The van der Waals surface area contributed by atoms with E-state index in [0.29, 0.717) is 19.6 Å². The zero-order chi connectivity index (χ0) is 29.0. The van der Waals surface area contributed by atoms with Crippen LogP contribution in [0.4, 0.5) is 0 Å². The first kappa shape index (κ1) is 31.5. The van der Waals surface area contributed by atoms with Gasteiger partial charge in [0.1, 0.15) is 6.79 Å². The average Bonchev–Trinajstić information content (AvgIpc) is 2.97. The van der Waals surface area contributed by atoms with E-state index in [2.05, 4.69) is 75.9 Å². The largest absolute Gasteiger partial charge is 0.469 e. The molecule has 40 heavy (non-hydrogen) atoms. The Labute approximate surface area is 241 Å². The molecule has 0 radical (unpaired) electrons. The molecule has 214 valence electrons. The minimum atomic E-state index is -2.80. The van der Waals surface area contributed by atoms with Gasteiger partial charge in [-0.2, -0.15) is 0 Å². The van der Waals surface area contributed by atoms with E-state index < -0.39 is 20.3 Å². The van der Waals surface area contributed by atoms with Crippen LogP contribution in [-0.4, -0.2) is 40.9 Å². The Kier molecular flexibility index (Phi) is 11.9. The molecule has 0 N–H and O–H groups in total.